The van der Waals surface area contributed by atoms with Crippen LogP contribution in [0.15, 0.2) is 39.8 Å². The summed E-state index contributed by atoms with van der Waals surface area (Å²) in [6.07, 6.45) is 1.67. The Morgan fingerprint density at radius 2 is 2.10 bits per heavy atom. The number of furan rings is 1. The zero-order valence-electron chi connectivity index (χ0n) is 5.24. The summed E-state index contributed by atoms with van der Waals surface area (Å²) in [5.41, 5.74) is 0.867. The van der Waals surface area contributed by atoms with Crippen LogP contribution < -0.4 is 0 Å². The van der Waals surface area contributed by atoms with Crippen LogP contribution in [0.25, 0.3) is 11.0 Å². The maximum Gasteiger partial charge on any atom is 0.147 e. The lowest BCUT2D eigenvalue weighted by Gasteiger charge is -1.89. The number of hydrogen-bond donors (Lipinski definition) is 1. The molecule has 0 spiro atoms. The largest absolute Gasteiger partial charge is 0.463 e. The molecule has 2 heteroatoms. The van der Waals surface area contributed by atoms with Crippen LogP contribution in [0, 0.1) is 0 Å². The summed E-state index contributed by atoms with van der Waals surface area (Å²) in [4.78, 5) is 0.891. The van der Waals surface area contributed by atoms with Crippen molar-refractivity contribution in [2.45, 2.75) is 4.90 Å². The standard InChI is InChI=1S/C8H6OS/c10-7-3-1-2-6-4-5-9-8(6)7/h1-5,10H. The Balaban J connectivity index is 2.95. The maximum absolute atomic E-state index is 5.17. The predicted octanol–water partition coefficient (Wildman–Crippen LogP) is 2.72. The molecule has 0 radical (unpaired) electrons. The fourth-order valence-electron chi connectivity index (χ4n) is 0.977. The van der Waals surface area contributed by atoms with E-state index in [2.05, 4.69) is 12.6 Å². The topological polar surface area (TPSA) is 13.1 Å². The average Bonchev–Trinajstić information content (AvgIpc) is 2.36. The van der Waals surface area contributed by atoms with Crippen molar-refractivity contribution in [2.24, 2.45) is 0 Å². The molecule has 0 aliphatic heterocycles. The molecule has 1 heterocycles. The molecule has 10 heavy (non-hydrogen) atoms. The second-order valence-corrected chi connectivity index (χ2v) is 2.60. The van der Waals surface area contributed by atoms with E-state index < -0.39 is 0 Å². The van der Waals surface area contributed by atoms with Crippen molar-refractivity contribution in [3.05, 3.63) is 30.5 Å². The van der Waals surface area contributed by atoms with Gasteiger partial charge in [0.25, 0.3) is 0 Å². The number of para-hydroxylation sites is 1. The van der Waals surface area contributed by atoms with Gasteiger partial charge in [0.1, 0.15) is 5.58 Å². The van der Waals surface area contributed by atoms with Crippen LogP contribution in [-0.4, -0.2) is 0 Å². The highest BCUT2D eigenvalue weighted by molar-refractivity contribution is 7.80. The molecule has 50 valence electrons. The Bertz CT molecular complexity index is 351. The molecule has 0 atom stereocenters. The van der Waals surface area contributed by atoms with Crippen LogP contribution >= 0.6 is 12.6 Å². The first-order chi connectivity index (χ1) is 4.88. The Morgan fingerprint density at radius 1 is 1.20 bits per heavy atom. The van der Waals surface area contributed by atoms with Gasteiger partial charge in [-0.1, -0.05) is 12.1 Å². The number of benzene rings is 1. The fraction of sp³-hybridized carbons (Fsp3) is 0. The number of fused-ring (bicyclic) bond motifs is 1. The van der Waals surface area contributed by atoms with Gasteiger partial charge < -0.3 is 4.42 Å². The maximum atomic E-state index is 5.17. The Hall–Kier alpha value is -0.890. The van der Waals surface area contributed by atoms with Gasteiger partial charge in [-0.3, -0.25) is 0 Å². The van der Waals surface area contributed by atoms with Crippen LogP contribution in [0.3, 0.4) is 0 Å². The van der Waals surface area contributed by atoms with E-state index in [1.807, 2.05) is 24.3 Å². The van der Waals surface area contributed by atoms with Crippen LogP contribution in [0.2, 0.25) is 0 Å². The molecule has 1 aromatic heterocycles. The smallest absolute Gasteiger partial charge is 0.147 e. The lowest BCUT2D eigenvalue weighted by Crippen LogP contribution is -1.64. The molecular weight excluding hydrogens is 144 g/mol. The summed E-state index contributed by atoms with van der Waals surface area (Å²) in [5.74, 6) is 0. The highest BCUT2D eigenvalue weighted by Crippen LogP contribution is 2.21. The second kappa shape index (κ2) is 2.06. The van der Waals surface area contributed by atoms with Gasteiger partial charge in [0.05, 0.1) is 6.26 Å². The van der Waals surface area contributed by atoms with Gasteiger partial charge >= 0.3 is 0 Å². The summed E-state index contributed by atoms with van der Waals surface area (Å²) in [5, 5.41) is 1.10. The first-order valence-corrected chi connectivity index (χ1v) is 3.48. The van der Waals surface area contributed by atoms with Crippen molar-refractivity contribution in [3.8, 4) is 0 Å². The molecule has 0 N–H and O–H groups in total. The van der Waals surface area contributed by atoms with Gasteiger partial charge in [-0.05, 0) is 12.1 Å². The third kappa shape index (κ3) is 0.727. The van der Waals surface area contributed by atoms with E-state index in [1.54, 1.807) is 6.26 Å². The van der Waals surface area contributed by atoms with Crippen molar-refractivity contribution >= 4 is 23.6 Å². The summed E-state index contributed by atoms with van der Waals surface area (Å²) < 4.78 is 5.17. The molecule has 0 bridgehead atoms. The van der Waals surface area contributed by atoms with Crippen molar-refractivity contribution in [2.75, 3.05) is 0 Å². The van der Waals surface area contributed by atoms with E-state index in [9.17, 15) is 0 Å². The van der Waals surface area contributed by atoms with Crippen molar-refractivity contribution in [3.63, 3.8) is 0 Å². The van der Waals surface area contributed by atoms with E-state index in [0.717, 1.165) is 15.9 Å². The summed E-state index contributed by atoms with van der Waals surface area (Å²) >= 11 is 4.22. The van der Waals surface area contributed by atoms with Gasteiger partial charge in [0.2, 0.25) is 0 Å². The highest BCUT2D eigenvalue weighted by atomic mass is 32.1. The molecule has 0 fully saturated rings. The highest BCUT2D eigenvalue weighted by Gasteiger charge is 1.97. The predicted molar refractivity (Wildman–Crippen MR) is 43.5 cm³/mol. The van der Waals surface area contributed by atoms with Crippen LogP contribution in [0.4, 0.5) is 0 Å². The summed E-state index contributed by atoms with van der Waals surface area (Å²) in [6.45, 7) is 0. The number of rotatable bonds is 0. The summed E-state index contributed by atoms with van der Waals surface area (Å²) in [6, 6.07) is 7.79. The van der Waals surface area contributed by atoms with E-state index >= 15 is 0 Å². The van der Waals surface area contributed by atoms with Gasteiger partial charge in [0, 0.05) is 10.3 Å². The molecule has 0 amide bonds. The quantitative estimate of drug-likeness (QED) is 0.570. The molecule has 0 aliphatic carbocycles. The third-order valence-corrected chi connectivity index (χ3v) is 1.81. The third-order valence-electron chi connectivity index (χ3n) is 1.46. The summed E-state index contributed by atoms with van der Waals surface area (Å²) in [7, 11) is 0. The van der Waals surface area contributed by atoms with Crippen molar-refractivity contribution in [1.82, 2.24) is 0 Å². The first-order valence-electron chi connectivity index (χ1n) is 3.03. The molecule has 1 aromatic carbocycles. The molecule has 0 unspecified atom stereocenters. The molecule has 0 aliphatic rings. The van der Waals surface area contributed by atoms with Gasteiger partial charge in [-0.25, -0.2) is 0 Å². The van der Waals surface area contributed by atoms with E-state index in [4.69, 9.17) is 4.42 Å². The normalized spacial score (nSPS) is 10.5. The fourth-order valence-corrected chi connectivity index (χ4v) is 1.25. The van der Waals surface area contributed by atoms with Crippen molar-refractivity contribution < 1.29 is 4.42 Å². The molecule has 1 nitrogen and oxygen atoms in total. The van der Waals surface area contributed by atoms with Crippen LogP contribution in [0.1, 0.15) is 0 Å². The zero-order chi connectivity index (χ0) is 6.97. The lowest BCUT2D eigenvalue weighted by molar-refractivity contribution is 0.609. The van der Waals surface area contributed by atoms with Crippen molar-refractivity contribution in [1.29, 1.82) is 0 Å². The molecule has 2 rings (SSSR count). The minimum atomic E-state index is 0.867. The Morgan fingerprint density at radius 3 is 2.90 bits per heavy atom. The lowest BCUT2D eigenvalue weighted by atomic mass is 10.3. The Kier molecular flexibility index (Phi) is 1.21. The number of thiol groups is 1. The average molecular weight is 150 g/mol. The molecule has 2 aromatic rings. The minimum absolute atomic E-state index is 0.867. The van der Waals surface area contributed by atoms with Gasteiger partial charge in [-0.2, -0.15) is 0 Å². The van der Waals surface area contributed by atoms with E-state index in [0.29, 0.717) is 0 Å². The molecular formula is C8H6OS. The number of hydrogen-bond acceptors (Lipinski definition) is 2. The van der Waals surface area contributed by atoms with Gasteiger partial charge in [0.15, 0.2) is 0 Å². The van der Waals surface area contributed by atoms with E-state index in [1.165, 1.54) is 0 Å². The second-order valence-electron chi connectivity index (χ2n) is 2.12. The monoisotopic (exact) mass is 150 g/mol. The molecule has 0 saturated carbocycles. The Labute approximate surface area is 64.1 Å². The minimum Gasteiger partial charge on any atom is -0.463 e. The van der Waals surface area contributed by atoms with E-state index in [-0.39, 0.29) is 0 Å². The SMILES string of the molecule is Sc1cccc2ccoc12. The van der Waals surface area contributed by atoms with Crippen LogP contribution in [-0.2, 0) is 0 Å². The van der Waals surface area contributed by atoms with Gasteiger partial charge in [-0.15, -0.1) is 12.6 Å². The van der Waals surface area contributed by atoms with Crippen LogP contribution in [0.5, 0.6) is 0 Å². The molecule has 0 saturated heterocycles. The first kappa shape index (κ1) is 5.86. The zero-order valence-corrected chi connectivity index (χ0v) is 6.14.